The lowest BCUT2D eigenvalue weighted by Gasteiger charge is -1.99. The molecule has 9 heavy (non-hydrogen) atoms. The summed E-state index contributed by atoms with van der Waals surface area (Å²) in [6.45, 7) is 2.18. The average Bonchev–Trinajstić information content (AvgIpc) is 1.89. The number of nitrogens with one attached hydrogen (secondary N) is 1. The van der Waals surface area contributed by atoms with Gasteiger partial charge in [0.1, 0.15) is 0 Å². The van der Waals surface area contributed by atoms with E-state index in [2.05, 4.69) is 5.32 Å². The molecule has 4 nitrogen and oxygen atoms in total. The molecular formula is C5H12N2O2. The molecule has 0 aliphatic heterocycles. The second kappa shape index (κ2) is 7.39. The van der Waals surface area contributed by atoms with E-state index in [9.17, 15) is 4.79 Å². The minimum Gasteiger partial charge on any atom is -0.378 e. The van der Waals surface area contributed by atoms with Gasteiger partial charge >= 0.3 is 0 Å². The molecule has 0 unspecified atom stereocenters. The topological polar surface area (TPSA) is 64.3 Å². The Morgan fingerprint density at radius 3 is 2.89 bits per heavy atom. The first kappa shape index (κ1) is 8.39. The van der Waals surface area contributed by atoms with Gasteiger partial charge in [0, 0.05) is 13.1 Å². The number of amides is 1. The van der Waals surface area contributed by atoms with Crippen molar-refractivity contribution in [1.82, 2.24) is 5.32 Å². The zero-order chi connectivity index (χ0) is 6.95. The fourth-order valence-electron chi connectivity index (χ4n) is 0.375. The Hall–Kier alpha value is -0.610. The molecule has 0 aromatic rings. The molecule has 1 amide bonds. The maximum atomic E-state index is 9.65. The summed E-state index contributed by atoms with van der Waals surface area (Å²) in [6, 6.07) is 0. The summed E-state index contributed by atoms with van der Waals surface area (Å²) in [4.78, 5) is 9.65. The first-order valence-corrected chi connectivity index (χ1v) is 2.86. The highest BCUT2D eigenvalue weighted by Gasteiger charge is 1.82. The van der Waals surface area contributed by atoms with Gasteiger partial charge in [-0.3, -0.25) is 4.79 Å². The molecule has 0 spiro atoms. The van der Waals surface area contributed by atoms with E-state index in [4.69, 9.17) is 10.5 Å². The van der Waals surface area contributed by atoms with Crippen molar-refractivity contribution in [2.24, 2.45) is 5.73 Å². The molecular weight excluding hydrogens is 120 g/mol. The van der Waals surface area contributed by atoms with Gasteiger partial charge in [0.25, 0.3) is 0 Å². The first-order chi connectivity index (χ1) is 4.41. The van der Waals surface area contributed by atoms with Crippen LogP contribution in [0, 0.1) is 0 Å². The van der Waals surface area contributed by atoms with Crippen molar-refractivity contribution >= 4 is 6.41 Å². The van der Waals surface area contributed by atoms with Crippen LogP contribution >= 0.6 is 0 Å². The highest BCUT2D eigenvalue weighted by atomic mass is 16.5. The zero-order valence-corrected chi connectivity index (χ0v) is 5.30. The van der Waals surface area contributed by atoms with Crippen LogP contribution in [0.25, 0.3) is 0 Å². The lowest BCUT2D eigenvalue weighted by Crippen LogP contribution is -2.19. The van der Waals surface area contributed by atoms with E-state index in [-0.39, 0.29) is 0 Å². The van der Waals surface area contributed by atoms with Gasteiger partial charge in [-0.2, -0.15) is 0 Å². The van der Waals surface area contributed by atoms with Crippen LogP contribution in [0.2, 0.25) is 0 Å². The molecule has 0 fully saturated rings. The molecule has 0 aliphatic carbocycles. The van der Waals surface area contributed by atoms with Crippen molar-refractivity contribution in [3.63, 3.8) is 0 Å². The Labute approximate surface area is 54.4 Å². The number of carbonyl (C=O) groups is 1. The number of nitrogens with two attached hydrogens (primary N) is 1. The van der Waals surface area contributed by atoms with E-state index in [1.54, 1.807) is 0 Å². The number of ether oxygens (including phenoxy) is 1. The molecule has 0 saturated heterocycles. The minimum atomic E-state index is 0.529. The monoisotopic (exact) mass is 132 g/mol. The van der Waals surface area contributed by atoms with Crippen molar-refractivity contribution in [2.45, 2.75) is 0 Å². The lowest BCUT2D eigenvalue weighted by molar-refractivity contribution is -0.109. The van der Waals surface area contributed by atoms with Crippen LogP contribution in [0.5, 0.6) is 0 Å². The number of hydrogen-bond donors (Lipinski definition) is 2. The van der Waals surface area contributed by atoms with Crippen molar-refractivity contribution in [3.8, 4) is 0 Å². The Morgan fingerprint density at radius 1 is 1.56 bits per heavy atom. The second-order valence-electron chi connectivity index (χ2n) is 1.47. The van der Waals surface area contributed by atoms with E-state index in [0.717, 1.165) is 0 Å². The van der Waals surface area contributed by atoms with E-state index < -0.39 is 0 Å². The fraction of sp³-hybridized carbons (Fsp3) is 0.800. The van der Waals surface area contributed by atoms with Gasteiger partial charge in [0.2, 0.25) is 6.41 Å². The molecule has 0 aliphatic rings. The Balaban J connectivity index is 2.66. The summed E-state index contributed by atoms with van der Waals surface area (Å²) in [5.74, 6) is 0. The fourth-order valence-corrected chi connectivity index (χ4v) is 0.375. The molecule has 0 aromatic carbocycles. The second-order valence-corrected chi connectivity index (χ2v) is 1.47. The van der Waals surface area contributed by atoms with Crippen LogP contribution in [0.15, 0.2) is 0 Å². The summed E-state index contributed by atoms with van der Waals surface area (Å²) < 4.78 is 4.94. The molecule has 0 heterocycles. The molecule has 0 radical (unpaired) electrons. The molecule has 54 valence electrons. The SMILES string of the molecule is NCCOCCNC=O. The van der Waals surface area contributed by atoms with Gasteiger partial charge in [0.05, 0.1) is 13.2 Å². The molecule has 0 saturated carbocycles. The number of hydrogen-bond acceptors (Lipinski definition) is 3. The van der Waals surface area contributed by atoms with Crippen LogP contribution in [-0.4, -0.2) is 32.7 Å². The van der Waals surface area contributed by atoms with E-state index in [1.165, 1.54) is 0 Å². The predicted molar refractivity (Wildman–Crippen MR) is 33.9 cm³/mol. The minimum absolute atomic E-state index is 0.529. The zero-order valence-electron chi connectivity index (χ0n) is 5.30. The van der Waals surface area contributed by atoms with E-state index in [1.807, 2.05) is 0 Å². The first-order valence-electron chi connectivity index (χ1n) is 2.86. The van der Waals surface area contributed by atoms with Gasteiger partial charge in [-0.25, -0.2) is 0 Å². The van der Waals surface area contributed by atoms with Crippen LogP contribution in [0.3, 0.4) is 0 Å². The summed E-state index contributed by atoms with van der Waals surface area (Å²) in [5.41, 5.74) is 5.13. The van der Waals surface area contributed by atoms with E-state index in [0.29, 0.717) is 32.7 Å². The Bertz CT molecular complexity index is 68.0. The van der Waals surface area contributed by atoms with Crippen LogP contribution in [0.1, 0.15) is 0 Å². The van der Waals surface area contributed by atoms with Crippen LogP contribution in [-0.2, 0) is 9.53 Å². The molecule has 0 atom stereocenters. The maximum Gasteiger partial charge on any atom is 0.207 e. The molecule has 0 bridgehead atoms. The lowest BCUT2D eigenvalue weighted by atomic mass is 10.6. The Kier molecular flexibility index (Phi) is 6.89. The summed E-state index contributed by atoms with van der Waals surface area (Å²) in [6.07, 6.45) is 0.645. The maximum absolute atomic E-state index is 9.65. The average molecular weight is 132 g/mol. The van der Waals surface area contributed by atoms with Crippen molar-refractivity contribution in [2.75, 3.05) is 26.3 Å². The third kappa shape index (κ3) is 7.39. The normalized spacial score (nSPS) is 9.00. The third-order valence-corrected chi connectivity index (χ3v) is 0.736. The molecule has 0 aromatic heterocycles. The third-order valence-electron chi connectivity index (χ3n) is 0.736. The largest absolute Gasteiger partial charge is 0.378 e. The van der Waals surface area contributed by atoms with Crippen molar-refractivity contribution in [3.05, 3.63) is 0 Å². The number of rotatable bonds is 6. The highest BCUT2D eigenvalue weighted by molar-refractivity contribution is 5.45. The van der Waals surface area contributed by atoms with Crippen LogP contribution in [0.4, 0.5) is 0 Å². The van der Waals surface area contributed by atoms with Gasteiger partial charge in [-0.15, -0.1) is 0 Å². The molecule has 3 N–H and O–H groups in total. The standard InChI is InChI=1S/C5H12N2O2/c6-1-3-9-4-2-7-5-8/h5H,1-4,6H2,(H,7,8). The van der Waals surface area contributed by atoms with Crippen molar-refractivity contribution < 1.29 is 9.53 Å². The number of carbonyl (C=O) groups excluding carboxylic acids is 1. The molecule has 4 heteroatoms. The quantitative estimate of drug-likeness (QED) is 0.349. The van der Waals surface area contributed by atoms with Gasteiger partial charge in [-0.1, -0.05) is 0 Å². The van der Waals surface area contributed by atoms with Gasteiger partial charge < -0.3 is 15.8 Å². The van der Waals surface area contributed by atoms with Crippen LogP contribution < -0.4 is 11.1 Å². The summed E-state index contributed by atoms with van der Waals surface area (Å²) >= 11 is 0. The predicted octanol–water partition coefficient (Wildman–Crippen LogP) is -1.29. The van der Waals surface area contributed by atoms with E-state index >= 15 is 0 Å². The van der Waals surface area contributed by atoms with Crippen molar-refractivity contribution in [1.29, 1.82) is 0 Å². The van der Waals surface area contributed by atoms with Gasteiger partial charge in [-0.05, 0) is 0 Å². The molecule has 0 rings (SSSR count). The van der Waals surface area contributed by atoms with Gasteiger partial charge in [0.15, 0.2) is 0 Å². The highest BCUT2D eigenvalue weighted by Crippen LogP contribution is 1.67. The summed E-state index contributed by atoms with van der Waals surface area (Å²) in [7, 11) is 0. The summed E-state index contributed by atoms with van der Waals surface area (Å²) in [5, 5.41) is 2.46. The Morgan fingerprint density at radius 2 is 2.33 bits per heavy atom. The smallest absolute Gasteiger partial charge is 0.207 e.